The highest BCUT2D eigenvalue weighted by Crippen LogP contribution is 2.34. The number of aromatic nitrogens is 18. The molecule has 0 spiro atoms. The van der Waals surface area contributed by atoms with Gasteiger partial charge in [-0.1, -0.05) is 228 Å². The number of oxazole rings is 1. The highest BCUT2D eigenvalue weighted by molar-refractivity contribution is 6.33. The van der Waals surface area contributed by atoms with Gasteiger partial charge >= 0.3 is 45.5 Å². The molecule has 23 rings (SSSR count). The number of furan rings is 1. The molecule has 11 heterocycles. The third-order valence-electron chi connectivity index (χ3n) is 22.4. The van der Waals surface area contributed by atoms with E-state index in [1.807, 2.05) is 250 Å². The quantitative estimate of drug-likeness (QED) is 0.0596. The van der Waals surface area contributed by atoms with Crippen molar-refractivity contribution in [3.05, 3.63) is 486 Å². The number of nitrogen functional groups attached to an aromatic ring is 8. The van der Waals surface area contributed by atoms with Gasteiger partial charge in [-0.3, -0.25) is 36.5 Å². The van der Waals surface area contributed by atoms with E-state index in [1.165, 1.54) is 68.4 Å². The number of fused-ring (bicyclic) bond motifs is 6. The van der Waals surface area contributed by atoms with Crippen LogP contribution in [0.3, 0.4) is 0 Å². The molecule has 0 fully saturated rings. The highest BCUT2D eigenvalue weighted by Gasteiger charge is 2.18. The predicted molar refractivity (Wildman–Crippen MR) is 589 cm³/mol. The maximum atomic E-state index is 12.0. The summed E-state index contributed by atoms with van der Waals surface area (Å²) < 4.78 is 27.9. The van der Waals surface area contributed by atoms with Gasteiger partial charge in [0.2, 0.25) is 11.8 Å². The number of ether oxygens (including phenoxy) is 1. The molecule has 0 saturated heterocycles. The molecule has 0 aliphatic rings. The third-order valence-corrected chi connectivity index (χ3v) is 23.5. The van der Waals surface area contributed by atoms with Gasteiger partial charge in [0, 0.05) is 99.6 Å². The molecule has 0 radical (unpaired) electrons. The van der Waals surface area contributed by atoms with Crippen LogP contribution in [0.1, 0.15) is 11.1 Å². The molecule has 16 N–H and O–H groups in total. The molecular formula is C109H86Cl4N26O11. The van der Waals surface area contributed by atoms with E-state index in [0.717, 1.165) is 82.8 Å². The van der Waals surface area contributed by atoms with Crippen molar-refractivity contribution < 1.29 is 13.6 Å². The standard InChI is InChI=1S/C17H11ClN4O2.C16H12ClN3O.C16H11N3O2.2C14H11N3O.C11H12N4O2.C11H11N3O.C10H7Cl2N3O/c18-12-9-22(17(23)21-15(12)19)11-6-7-13-14(8-11)24-16(20-13)10-4-2-1-3-5-10;17-14-10-20(16(21)19-15(14)18)13-8-4-7-12(9-13)11-5-2-1-3-6-11;17-14-8-9-19(16(20)18-14)12-6-3-5-11-10-4-1-2-7-13(10)21-15(11)12;15-13-8-9-17(14(18)16-13)12-7-3-5-10-4-1-2-6-11(10)12;15-13-7-8-17(14(18)16-13)12-6-5-10-3-1-2-4-11(10)9-12;1-7-6-15(11(16)14-10(7)12)8-3-4-9(17-2)13-5-8;1-8-7-14(11(15)13-10(8)12)9-5-3-2-4-6-9;11-6-2-1-3-7(4-6)15-5-8(12)9(13)14-10(15)16/h1-9H,(H2,19,21,23);1-10H,(H2,18,19,21);1-9H,(H2,17,18,20);2*1-9H,(H2,15,16,18);3-6H,1-2H3,(H2,12,14,16);2-7H,1H3,(H2,12,13,15);1-5H,(H2,13,14,16). The minimum atomic E-state index is -0.515. The topological polar surface area (TPSA) is 549 Å². The Hall–Kier alpha value is -20.0. The minimum absolute atomic E-state index is 0.00465. The van der Waals surface area contributed by atoms with E-state index in [0.29, 0.717) is 61.9 Å². The summed E-state index contributed by atoms with van der Waals surface area (Å²) in [5.41, 5.74) is 53.4. The molecule has 0 aliphatic heterocycles. The van der Waals surface area contributed by atoms with Gasteiger partial charge in [-0.15, -0.1) is 0 Å². The average Bonchev–Trinajstić information content (AvgIpc) is 1.61. The number of hydrogen-bond donors (Lipinski definition) is 8. The van der Waals surface area contributed by atoms with Crippen molar-refractivity contribution in [1.82, 2.24) is 86.4 Å². The molecule has 0 saturated carbocycles. The van der Waals surface area contributed by atoms with Crippen LogP contribution in [0.15, 0.2) is 418 Å². The monoisotopic (exact) mass is 2070 g/mol. The van der Waals surface area contributed by atoms with E-state index in [4.69, 9.17) is 106 Å². The van der Waals surface area contributed by atoms with Crippen molar-refractivity contribution in [3.8, 4) is 74.0 Å². The molecule has 746 valence electrons. The number of benzene rings is 12. The zero-order valence-electron chi connectivity index (χ0n) is 79.4. The molecule has 0 unspecified atom stereocenters. The molecule has 0 amide bonds. The number of rotatable bonds is 11. The molecule has 0 atom stereocenters. The lowest BCUT2D eigenvalue weighted by Gasteiger charge is -2.09. The molecule has 0 aliphatic carbocycles. The number of nitrogens with two attached hydrogens (primary N) is 8. The van der Waals surface area contributed by atoms with Gasteiger partial charge in [-0.05, 0) is 162 Å². The maximum absolute atomic E-state index is 12.0. The lowest BCUT2D eigenvalue weighted by molar-refractivity contribution is 0.398. The van der Waals surface area contributed by atoms with E-state index in [9.17, 15) is 38.4 Å². The van der Waals surface area contributed by atoms with Crippen LogP contribution in [0.2, 0.25) is 20.1 Å². The van der Waals surface area contributed by atoms with Crippen molar-refractivity contribution >= 4 is 148 Å². The van der Waals surface area contributed by atoms with Crippen LogP contribution in [-0.4, -0.2) is 93.5 Å². The average molecular weight is 2080 g/mol. The zero-order chi connectivity index (χ0) is 106. The number of anilines is 8. The van der Waals surface area contributed by atoms with Crippen molar-refractivity contribution in [3.63, 3.8) is 0 Å². The lowest BCUT2D eigenvalue weighted by atomic mass is 10.1. The lowest BCUT2D eigenvalue weighted by Crippen LogP contribution is -2.23. The van der Waals surface area contributed by atoms with E-state index in [1.54, 1.807) is 111 Å². The fourth-order valence-electron chi connectivity index (χ4n) is 14.9. The smallest absolute Gasteiger partial charge is 0.354 e. The first-order valence-electron chi connectivity index (χ1n) is 45.1. The molecule has 0 bridgehead atoms. The van der Waals surface area contributed by atoms with E-state index >= 15 is 0 Å². The number of pyridine rings is 1. The summed E-state index contributed by atoms with van der Waals surface area (Å²) in [6, 6.07) is 97.7. The first-order valence-corrected chi connectivity index (χ1v) is 46.6. The van der Waals surface area contributed by atoms with Crippen LogP contribution in [0, 0.1) is 13.8 Å². The fraction of sp³-hybridized carbons (Fsp3) is 0.0275. The third kappa shape index (κ3) is 24.5. The van der Waals surface area contributed by atoms with Gasteiger partial charge < -0.3 is 59.4 Å². The summed E-state index contributed by atoms with van der Waals surface area (Å²) in [7, 11) is 1.53. The van der Waals surface area contributed by atoms with E-state index in [-0.39, 0.29) is 78.7 Å². The second-order valence-corrected chi connectivity index (χ2v) is 34.1. The number of halogens is 4. The Kier molecular flexibility index (Phi) is 31.9. The molecular weight excluding hydrogens is 1990 g/mol. The number of hydrogen-bond acceptors (Lipinski definition) is 29. The molecule has 11 aromatic heterocycles. The van der Waals surface area contributed by atoms with Crippen molar-refractivity contribution in [2.24, 2.45) is 0 Å². The zero-order valence-corrected chi connectivity index (χ0v) is 82.4. The second-order valence-electron chi connectivity index (χ2n) is 32.4. The number of para-hydroxylation sites is 3. The van der Waals surface area contributed by atoms with Gasteiger partial charge in [0.15, 0.2) is 11.2 Å². The predicted octanol–water partition coefficient (Wildman–Crippen LogP) is 16.8. The Morgan fingerprint density at radius 1 is 0.280 bits per heavy atom. The molecule has 41 heteroatoms. The van der Waals surface area contributed by atoms with Crippen LogP contribution in [-0.2, 0) is 0 Å². The SMILES string of the molecule is COc1ccc(-n2cc(C)c(N)nc2=O)cn1.Cc1cn(-c2ccccc2)c(=O)nc1N.Nc1ccn(-c2ccc3ccccc3c2)c(=O)n1.Nc1ccn(-c2cccc3c2oc2ccccc23)c(=O)n1.Nc1ccn(-c2cccc3ccccc23)c(=O)n1.Nc1nc(=O)n(-c2ccc3nc(-c4ccccc4)oc3c2)cc1Cl.Nc1nc(=O)n(-c2cccc(-c3ccccc3)c2)cc1Cl.Nc1nc(=O)n(-c2cccc(Cl)c2)cc1Cl. The number of nitrogens with zero attached hydrogens (tertiary/aromatic N) is 18. The van der Waals surface area contributed by atoms with Gasteiger partial charge in [-0.25, -0.2) is 48.3 Å². The van der Waals surface area contributed by atoms with Crippen molar-refractivity contribution in [1.29, 1.82) is 0 Å². The maximum Gasteiger partial charge on any atom is 0.354 e. The summed E-state index contributed by atoms with van der Waals surface area (Å²) in [6.07, 6.45) is 14.1. The first kappa shape index (κ1) is 103. The Bertz CT molecular complexity index is 9450. The van der Waals surface area contributed by atoms with Gasteiger partial charge in [-0.2, -0.15) is 39.9 Å². The minimum Gasteiger partial charge on any atom is -0.481 e. The van der Waals surface area contributed by atoms with Gasteiger partial charge in [0.25, 0.3) is 0 Å². The van der Waals surface area contributed by atoms with Crippen LogP contribution in [0.5, 0.6) is 5.88 Å². The van der Waals surface area contributed by atoms with Crippen LogP contribution < -0.4 is 96.1 Å². The van der Waals surface area contributed by atoms with E-state index < -0.39 is 28.4 Å². The summed E-state index contributed by atoms with van der Waals surface area (Å²) in [5, 5.41) is 7.50. The molecule has 150 heavy (non-hydrogen) atoms. The van der Waals surface area contributed by atoms with E-state index in [2.05, 4.69) is 49.8 Å². The number of methoxy groups -OCH3 is 1. The molecule has 12 aromatic carbocycles. The second kappa shape index (κ2) is 46.6. The Morgan fingerprint density at radius 3 is 1.23 bits per heavy atom. The highest BCUT2D eigenvalue weighted by atomic mass is 35.5. The first-order chi connectivity index (χ1) is 72.4. The normalized spacial score (nSPS) is 10.7. The number of aryl methyl sites for hydroxylation is 2. The van der Waals surface area contributed by atoms with Crippen molar-refractivity contribution in [2.75, 3.05) is 53.0 Å². The Labute approximate surface area is 869 Å². The fourth-order valence-corrected chi connectivity index (χ4v) is 15.5. The molecule has 23 aromatic rings. The van der Waals surface area contributed by atoms with Gasteiger partial charge in [0.1, 0.15) is 57.6 Å². The largest absolute Gasteiger partial charge is 0.481 e. The molecule has 37 nitrogen and oxygen atoms in total. The summed E-state index contributed by atoms with van der Waals surface area (Å²) in [6.45, 7) is 3.61. The van der Waals surface area contributed by atoms with Gasteiger partial charge in [0.05, 0.1) is 73.9 Å². The van der Waals surface area contributed by atoms with Crippen molar-refractivity contribution in [2.45, 2.75) is 13.8 Å². The van der Waals surface area contributed by atoms with Crippen LogP contribution in [0.25, 0.3) is 123 Å². The van der Waals surface area contributed by atoms with Crippen LogP contribution in [0.4, 0.5) is 46.5 Å². The Balaban J connectivity index is 0.000000123. The summed E-state index contributed by atoms with van der Waals surface area (Å²) in [4.78, 5) is 133. The Morgan fingerprint density at radius 2 is 0.680 bits per heavy atom. The summed E-state index contributed by atoms with van der Waals surface area (Å²) >= 11 is 23.5. The van der Waals surface area contributed by atoms with Crippen LogP contribution >= 0.6 is 46.4 Å². The summed E-state index contributed by atoms with van der Waals surface area (Å²) in [5.74, 6) is 2.26.